The maximum absolute atomic E-state index is 11.0. The first-order valence-electron chi connectivity index (χ1n) is 5.47. The van der Waals surface area contributed by atoms with Crippen molar-refractivity contribution in [2.75, 3.05) is 5.32 Å². The number of amides is 1. The van der Waals surface area contributed by atoms with E-state index in [-0.39, 0.29) is 11.6 Å². The number of thiazole rings is 1. The Kier molecular flexibility index (Phi) is 3.57. The maximum Gasteiger partial charge on any atom is 0.269 e. The average Bonchev–Trinajstić information content (AvgIpc) is 2.69. The van der Waals surface area contributed by atoms with Gasteiger partial charge >= 0.3 is 0 Å². The van der Waals surface area contributed by atoms with Crippen LogP contribution in [0.1, 0.15) is 11.8 Å². The molecule has 1 aromatic carbocycles. The van der Waals surface area contributed by atoms with Gasteiger partial charge in [0.05, 0.1) is 10.6 Å². The fourth-order valence-electron chi connectivity index (χ4n) is 1.61. The van der Waals surface area contributed by atoms with E-state index in [1.807, 2.05) is 6.92 Å². The van der Waals surface area contributed by atoms with Crippen LogP contribution in [0.25, 0.3) is 11.3 Å². The second-order valence-corrected chi connectivity index (χ2v) is 5.11. The van der Waals surface area contributed by atoms with Crippen molar-refractivity contribution in [3.8, 4) is 11.3 Å². The predicted molar refractivity (Wildman–Crippen MR) is 73.2 cm³/mol. The van der Waals surface area contributed by atoms with Gasteiger partial charge in [-0.25, -0.2) is 4.98 Å². The van der Waals surface area contributed by atoms with E-state index in [4.69, 9.17) is 0 Å². The van der Waals surface area contributed by atoms with Gasteiger partial charge in [-0.2, -0.15) is 0 Å². The molecule has 1 aromatic heterocycles. The average molecular weight is 277 g/mol. The number of anilines is 1. The zero-order chi connectivity index (χ0) is 14.0. The van der Waals surface area contributed by atoms with Gasteiger partial charge in [-0.15, -0.1) is 11.3 Å². The Hall–Kier alpha value is -2.28. The second-order valence-electron chi connectivity index (χ2n) is 3.91. The van der Waals surface area contributed by atoms with Crippen molar-refractivity contribution in [2.24, 2.45) is 0 Å². The summed E-state index contributed by atoms with van der Waals surface area (Å²) in [5.41, 5.74) is 1.55. The van der Waals surface area contributed by atoms with Crippen molar-refractivity contribution in [3.63, 3.8) is 0 Å². The number of benzene rings is 1. The zero-order valence-corrected chi connectivity index (χ0v) is 11.2. The van der Waals surface area contributed by atoms with Crippen molar-refractivity contribution in [3.05, 3.63) is 39.3 Å². The number of carbonyl (C=O) groups is 1. The van der Waals surface area contributed by atoms with E-state index >= 15 is 0 Å². The molecule has 6 nitrogen and oxygen atoms in total. The zero-order valence-electron chi connectivity index (χ0n) is 10.3. The summed E-state index contributed by atoms with van der Waals surface area (Å²) in [5.74, 6) is -0.177. The number of nitrogens with zero attached hydrogens (tertiary/aromatic N) is 2. The number of aromatic nitrogens is 1. The molecule has 98 valence electrons. The van der Waals surface area contributed by atoms with Gasteiger partial charge in [0.15, 0.2) is 5.13 Å². The topological polar surface area (TPSA) is 85.1 Å². The SMILES string of the molecule is CC(=O)Nc1nc(-c2ccc([N+](=O)[O-])cc2)c(C)s1. The molecular formula is C12H11N3O3S. The lowest BCUT2D eigenvalue weighted by Crippen LogP contribution is -2.04. The quantitative estimate of drug-likeness (QED) is 0.690. The Morgan fingerprint density at radius 3 is 2.53 bits per heavy atom. The number of nitrogens with one attached hydrogen (secondary N) is 1. The summed E-state index contributed by atoms with van der Waals surface area (Å²) in [5, 5.41) is 13.7. The number of nitro groups is 1. The molecule has 0 atom stereocenters. The number of carbonyl (C=O) groups excluding carboxylic acids is 1. The van der Waals surface area contributed by atoms with Crippen LogP contribution in [-0.2, 0) is 4.79 Å². The smallest absolute Gasteiger partial charge is 0.269 e. The van der Waals surface area contributed by atoms with E-state index in [9.17, 15) is 14.9 Å². The molecule has 0 aliphatic rings. The first kappa shape index (κ1) is 13.2. The summed E-state index contributed by atoms with van der Waals surface area (Å²) >= 11 is 1.37. The van der Waals surface area contributed by atoms with Crippen molar-refractivity contribution in [1.82, 2.24) is 4.98 Å². The van der Waals surface area contributed by atoms with E-state index < -0.39 is 4.92 Å². The van der Waals surface area contributed by atoms with Crippen LogP contribution in [0.3, 0.4) is 0 Å². The first-order valence-corrected chi connectivity index (χ1v) is 6.29. The van der Waals surface area contributed by atoms with Crippen molar-refractivity contribution < 1.29 is 9.72 Å². The van der Waals surface area contributed by atoms with Gasteiger partial charge in [-0.3, -0.25) is 14.9 Å². The van der Waals surface area contributed by atoms with E-state index in [0.29, 0.717) is 5.13 Å². The molecule has 1 amide bonds. The minimum absolute atomic E-state index is 0.0405. The largest absolute Gasteiger partial charge is 0.302 e. The molecule has 0 aliphatic heterocycles. The molecule has 0 unspecified atom stereocenters. The van der Waals surface area contributed by atoms with Crippen LogP contribution in [0.4, 0.5) is 10.8 Å². The molecule has 0 spiro atoms. The van der Waals surface area contributed by atoms with Crippen molar-refractivity contribution >= 4 is 28.1 Å². The molecule has 0 fully saturated rings. The summed E-state index contributed by atoms with van der Waals surface area (Å²) in [6, 6.07) is 6.17. The third-order valence-electron chi connectivity index (χ3n) is 2.43. The van der Waals surface area contributed by atoms with Crippen molar-refractivity contribution in [1.29, 1.82) is 0 Å². The Labute approximate surface area is 113 Å². The van der Waals surface area contributed by atoms with Gasteiger partial charge in [-0.1, -0.05) is 0 Å². The monoisotopic (exact) mass is 277 g/mol. The highest BCUT2D eigenvalue weighted by Gasteiger charge is 2.12. The van der Waals surface area contributed by atoms with Gasteiger partial charge in [0.2, 0.25) is 5.91 Å². The molecule has 2 rings (SSSR count). The summed E-state index contributed by atoms with van der Waals surface area (Å²) in [6.45, 7) is 3.31. The van der Waals surface area contributed by atoms with Crippen LogP contribution in [-0.4, -0.2) is 15.8 Å². The van der Waals surface area contributed by atoms with E-state index in [1.54, 1.807) is 12.1 Å². The lowest BCUT2D eigenvalue weighted by atomic mass is 10.1. The number of hydrogen-bond acceptors (Lipinski definition) is 5. The molecule has 1 heterocycles. The minimum Gasteiger partial charge on any atom is -0.302 e. The second kappa shape index (κ2) is 5.15. The highest BCUT2D eigenvalue weighted by atomic mass is 32.1. The molecule has 0 radical (unpaired) electrons. The number of hydrogen-bond donors (Lipinski definition) is 1. The van der Waals surface area contributed by atoms with Gasteiger partial charge in [0, 0.05) is 29.5 Å². The lowest BCUT2D eigenvalue weighted by molar-refractivity contribution is -0.384. The molecule has 19 heavy (non-hydrogen) atoms. The summed E-state index contributed by atoms with van der Waals surface area (Å²) in [4.78, 5) is 26.4. The third kappa shape index (κ3) is 2.94. The molecule has 0 saturated carbocycles. The molecule has 1 N–H and O–H groups in total. The van der Waals surface area contributed by atoms with Gasteiger partial charge in [0.25, 0.3) is 5.69 Å². The summed E-state index contributed by atoms with van der Waals surface area (Å²) < 4.78 is 0. The third-order valence-corrected chi connectivity index (χ3v) is 3.32. The Bertz CT molecular complexity index is 634. The fraction of sp³-hybridized carbons (Fsp3) is 0.167. The predicted octanol–water partition coefficient (Wildman–Crippen LogP) is 2.99. The number of non-ortho nitro benzene ring substituents is 1. The molecule has 7 heteroatoms. The van der Waals surface area contributed by atoms with Crippen LogP contribution >= 0.6 is 11.3 Å². The normalized spacial score (nSPS) is 10.2. The van der Waals surface area contributed by atoms with Crippen LogP contribution in [0.2, 0.25) is 0 Å². The number of rotatable bonds is 3. The highest BCUT2D eigenvalue weighted by molar-refractivity contribution is 7.16. The standard InChI is InChI=1S/C12H11N3O3S/c1-7-11(14-12(19-7)13-8(2)16)9-3-5-10(6-4-9)15(17)18/h3-6H,1-2H3,(H,13,14,16). The Morgan fingerprint density at radius 1 is 1.37 bits per heavy atom. The van der Waals surface area contributed by atoms with Crippen molar-refractivity contribution in [2.45, 2.75) is 13.8 Å². The van der Waals surface area contributed by atoms with Gasteiger partial charge in [-0.05, 0) is 19.1 Å². The molecule has 0 saturated heterocycles. The van der Waals surface area contributed by atoms with Crippen LogP contribution < -0.4 is 5.32 Å². The fourth-order valence-corrected chi connectivity index (χ4v) is 2.49. The molecule has 2 aromatic rings. The van der Waals surface area contributed by atoms with Crippen LogP contribution in [0.5, 0.6) is 0 Å². The maximum atomic E-state index is 11.0. The lowest BCUT2D eigenvalue weighted by Gasteiger charge is -1.98. The number of aryl methyl sites for hydroxylation is 1. The van der Waals surface area contributed by atoms with Crippen LogP contribution in [0.15, 0.2) is 24.3 Å². The Morgan fingerprint density at radius 2 is 2.00 bits per heavy atom. The molecular weight excluding hydrogens is 266 g/mol. The van der Waals surface area contributed by atoms with Gasteiger partial charge < -0.3 is 5.32 Å². The van der Waals surface area contributed by atoms with E-state index in [2.05, 4.69) is 10.3 Å². The van der Waals surface area contributed by atoms with Crippen LogP contribution in [0, 0.1) is 17.0 Å². The van der Waals surface area contributed by atoms with E-state index in [0.717, 1.165) is 16.1 Å². The van der Waals surface area contributed by atoms with E-state index in [1.165, 1.54) is 30.4 Å². The first-order chi connectivity index (χ1) is 8.97. The molecule has 0 bridgehead atoms. The van der Waals surface area contributed by atoms with Gasteiger partial charge in [0.1, 0.15) is 0 Å². The summed E-state index contributed by atoms with van der Waals surface area (Å²) in [7, 11) is 0. The highest BCUT2D eigenvalue weighted by Crippen LogP contribution is 2.31. The summed E-state index contributed by atoms with van der Waals surface area (Å²) in [6.07, 6.45) is 0. The number of nitro benzene ring substituents is 1. The minimum atomic E-state index is -0.444. The Balaban J connectivity index is 2.33. The molecule has 0 aliphatic carbocycles.